The first-order valence-corrected chi connectivity index (χ1v) is 12.4. The third kappa shape index (κ3) is 4.94. The predicted octanol–water partition coefficient (Wildman–Crippen LogP) is 6.61. The van der Waals surface area contributed by atoms with Gasteiger partial charge in [-0.25, -0.2) is 13.2 Å². The van der Waals surface area contributed by atoms with Gasteiger partial charge in [0.05, 0.1) is 0 Å². The normalized spacial score (nSPS) is 21.5. The maximum absolute atomic E-state index is 14.0. The number of thioether (sulfide) groups is 1. The number of ether oxygens (including phenoxy) is 1. The zero-order valence-corrected chi connectivity index (χ0v) is 19.2. The van der Waals surface area contributed by atoms with Crippen LogP contribution in [-0.2, 0) is 5.75 Å². The summed E-state index contributed by atoms with van der Waals surface area (Å²) < 4.78 is 46.4. The van der Waals surface area contributed by atoms with Gasteiger partial charge in [0.15, 0.2) is 11.6 Å². The van der Waals surface area contributed by atoms with E-state index in [1.807, 2.05) is 35.2 Å². The molecule has 34 heavy (non-hydrogen) atoms. The second kappa shape index (κ2) is 9.74. The SMILES string of the molecule is O=C(c1ccc(CSc2cccc(F)c2)cc1)N1[C@H]2CC[C@H]1CC(Oc1ccc(F)cc1F)C2. The maximum atomic E-state index is 14.0. The summed E-state index contributed by atoms with van der Waals surface area (Å²) in [6.45, 7) is 0. The van der Waals surface area contributed by atoms with Crippen molar-refractivity contribution in [3.05, 3.63) is 95.3 Å². The van der Waals surface area contributed by atoms with Crippen LogP contribution in [0.15, 0.2) is 71.6 Å². The Morgan fingerprint density at radius 3 is 2.29 bits per heavy atom. The quantitative estimate of drug-likeness (QED) is 0.370. The average Bonchev–Trinajstić information content (AvgIpc) is 3.09. The molecule has 0 spiro atoms. The van der Waals surface area contributed by atoms with E-state index < -0.39 is 11.6 Å². The van der Waals surface area contributed by atoms with E-state index in [-0.39, 0.29) is 35.7 Å². The van der Waals surface area contributed by atoms with Crippen LogP contribution in [0.3, 0.4) is 0 Å². The molecule has 0 N–H and O–H groups in total. The van der Waals surface area contributed by atoms with Gasteiger partial charge in [-0.1, -0.05) is 18.2 Å². The van der Waals surface area contributed by atoms with Crippen LogP contribution in [0.1, 0.15) is 41.6 Å². The highest BCUT2D eigenvalue weighted by Gasteiger charge is 2.44. The van der Waals surface area contributed by atoms with Gasteiger partial charge in [-0.3, -0.25) is 4.79 Å². The highest BCUT2D eigenvalue weighted by molar-refractivity contribution is 7.98. The van der Waals surface area contributed by atoms with Gasteiger partial charge in [0.25, 0.3) is 5.91 Å². The fraction of sp³-hybridized carbons (Fsp3) is 0.296. The third-order valence-electron chi connectivity index (χ3n) is 6.51. The molecule has 0 radical (unpaired) electrons. The van der Waals surface area contributed by atoms with E-state index in [1.165, 1.54) is 24.3 Å². The number of rotatable bonds is 6. The molecule has 7 heteroatoms. The number of hydrogen-bond acceptors (Lipinski definition) is 3. The van der Waals surface area contributed by atoms with Crippen LogP contribution in [-0.4, -0.2) is 29.0 Å². The molecule has 2 fully saturated rings. The van der Waals surface area contributed by atoms with Gasteiger partial charge in [0.2, 0.25) is 0 Å². The summed E-state index contributed by atoms with van der Waals surface area (Å²) in [6, 6.07) is 17.5. The third-order valence-corrected chi connectivity index (χ3v) is 7.58. The second-order valence-electron chi connectivity index (χ2n) is 8.83. The van der Waals surface area contributed by atoms with Gasteiger partial charge in [0.1, 0.15) is 17.7 Å². The lowest BCUT2D eigenvalue weighted by Crippen LogP contribution is -2.49. The van der Waals surface area contributed by atoms with E-state index in [4.69, 9.17) is 4.74 Å². The zero-order valence-electron chi connectivity index (χ0n) is 18.4. The first kappa shape index (κ1) is 22.8. The van der Waals surface area contributed by atoms with Crippen molar-refractivity contribution >= 4 is 17.7 Å². The summed E-state index contributed by atoms with van der Waals surface area (Å²) in [5, 5.41) is 0. The fourth-order valence-electron chi connectivity index (χ4n) is 4.92. The molecule has 3 aromatic rings. The summed E-state index contributed by atoms with van der Waals surface area (Å²) in [4.78, 5) is 16.1. The molecule has 2 bridgehead atoms. The number of halogens is 3. The van der Waals surface area contributed by atoms with Crippen LogP contribution in [0.25, 0.3) is 0 Å². The number of carbonyl (C=O) groups is 1. The Morgan fingerprint density at radius 1 is 0.912 bits per heavy atom. The van der Waals surface area contributed by atoms with Gasteiger partial charge in [-0.15, -0.1) is 11.8 Å². The highest BCUT2D eigenvalue weighted by atomic mass is 32.2. The number of piperidine rings is 1. The molecular weight excluding hydrogens is 459 g/mol. The molecule has 5 rings (SSSR count). The van der Waals surface area contributed by atoms with Crippen LogP contribution in [0.2, 0.25) is 0 Å². The van der Waals surface area contributed by atoms with Crippen LogP contribution in [0.4, 0.5) is 13.2 Å². The van der Waals surface area contributed by atoms with E-state index in [1.54, 1.807) is 17.8 Å². The standard InChI is InChI=1S/C27H24F3NO2S/c28-19-2-1-3-24(12-19)34-16-17-4-6-18(7-5-17)27(32)31-21-9-10-22(31)15-23(14-21)33-26-11-8-20(29)13-25(26)30/h1-8,11-13,21-23H,9-10,14-16H2/t21-,22-/m0/s1. The molecular formula is C27H24F3NO2S. The molecule has 2 saturated heterocycles. The van der Waals surface area contributed by atoms with Crippen molar-refractivity contribution in [2.75, 3.05) is 0 Å². The minimum atomic E-state index is -0.707. The number of nitrogens with zero attached hydrogens (tertiary/aromatic N) is 1. The largest absolute Gasteiger partial charge is 0.487 e. The van der Waals surface area contributed by atoms with E-state index in [0.717, 1.165) is 29.4 Å². The van der Waals surface area contributed by atoms with E-state index in [2.05, 4.69) is 0 Å². The maximum Gasteiger partial charge on any atom is 0.254 e. The number of benzene rings is 3. The molecule has 2 aliphatic rings. The molecule has 2 heterocycles. The number of carbonyl (C=O) groups excluding carboxylic acids is 1. The number of hydrogen-bond donors (Lipinski definition) is 0. The molecule has 2 atom stereocenters. The Hall–Kier alpha value is -2.93. The number of amides is 1. The molecule has 0 saturated carbocycles. The van der Waals surface area contributed by atoms with Gasteiger partial charge in [-0.2, -0.15) is 0 Å². The molecule has 3 aromatic carbocycles. The zero-order chi connectivity index (χ0) is 23.7. The summed E-state index contributed by atoms with van der Waals surface area (Å²) in [6.07, 6.45) is 2.83. The average molecular weight is 484 g/mol. The Morgan fingerprint density at radius 2 is 1.62 bits per heavy atom. The topological polar surface area (TPSA) is 29.5 Å². The Labute approximate surface area is 200 Å². The van der Waals surface area contributed by atoms with E-state index >= 15 is 0 Å². The molecule has 1 amide bonds. The summed E-state index contributed by atoms with van der Waals surface area (Å²) in [5.41, 5.74) is 1.70. The lowest BCUT2D eigenvalue weighted by molar-refractivity contribution is 0.0349. The van der Waals surface area contributed by atoms with Crippen molar-refractivity contribution in [3.63, 3.8) is 0 Å². The lowest BCUT2D eigenvalue weighted by atomic mass is 9.98. The molecule has 176 valence electrons. The van der Waals surface area contributed by atoms with Crippen molar-refractivity contribution < 1.29 is 22.7 Å². The Kier molecular flexibility index (Phi) is 6.55. The molecule has 2 aliphatic heterocycles. The molecule has 0 unspecified atom stereocenters. The molecule has 3 nitrogen and oxygen atoms in total. The first-order chi connectivity index (χ1) is 16.5. The van der Waals surface area contributed by atoms with Crippen LogP contribution in [0.5, 0.6) is 5.75 Å². The monoisotopic (exact) mass is 483 g/mol. The van der Waals surface area contributed by atoms with Crippen molar-refractivity contribution in [1.29, 1.82) is 0 Å². The fourth-order valence-corrected chi connectivity index (χ4v) is 5.82. The highest BCUT2D eigenvalue weighted by Crippen LogP contribution is 2.38. The van der Waals surface area contributed by atoms with Gasteiger partial charge >= 0.3 is 0 Å². The second-order valence-corrected chi connectivity index (χ2v) is 9.88. The molecule has 0 aromatic heterocycles. The summed E-state index contributed by atoms with van der Waals surface area (Å²) >= 11 is 1.55. The van der Waals surface area contributed by atoms with E-state index in [0.29, 0.717) is 24.2 Å². The van der Waals surface area contributed by atoms with Crippen LogP contribution in [0, 0.1) is 17.5 Å². The van der Waals surface area contributed by atoms with Crippen molar-refractivity contribution in [2.24, 2.45) is 0 Å². The summed E-state index contributed by atoms with van der Waals surface area (Å²) in [5.74, 6) is -0.852. The molecule has 0 aliphatic carbocycles. The Balaban J connectivity index is 1.20. The van der Waals surface area contributed by atoms with Crippen molar-refractivity contribution in [1.82, 2.24) is 4.90 Å². The first-order valence-electron chi connectivity index (χ1n) is 11.4. The van der Waals surface area contributed by atoms with Crippen molar-refractivity contribution in [2.45, 2.75) is 54.5 Å². The van der Waals surface area contributed by atoms with Gasteiger partial charge < -0.3 is 9.64 Å². The minimum absolute atomic E-state index is 0.00301. The van der Waals surface area contributed by atoms with Gasteiger partial charge in [0, 0.05) is 47.2 Å². The number of fused-ring (bicyclic) bond motifs is 2. The van der Waals surface area contributed by atoms with E-state index in [9.17, 15) is 18.0 Å². The van der Waals surface area contributed by atoms with Gasteiger partial charge in [-0.05, 0) is 60.9 Å². The summed E-state index contributed by atoms with van der Waals surface area (Å²) in [7, 11) is 0. The van der Waals surface area contributed by atoms with Crippen LogP contribution >= 0.6 is 11.8 Å². The smallest absolute Gasteiger partial charge is 0.254 e. The predicted molar refractivity (Wildman–Crippen MR) is 125 cm³/mol. The lowest BCUT2D eigenvalue weighted by Gasteiger charge is -2.39. The van der Waals surface area contributed by atoms with Crippen molar-refractivity contribution in [3.8, 4) is 5.75 Å². The van der Waals surface area contributed by atoms with Crippen LogP contribution < -0.4 is 4.74 Å². The Bertz CT molecular complexity index is 1170. The minimum Gasteiger partial charge on any atom is -0.487 e.